The molecule has 1 aliphatic rings. The lowest BCUT2D eigenvalue weighted by Crippen LogP contribution is -2.19. The quantitative estimate of drug-likeness (QED) is 0.818. The molecule has 2 aromatic rings. The van der Waals surface area contributed by atoms with E-state index in [0.717, 1.165) is 12.2 Å². The molecule has 86 valence electrons. The van der Waals surface area contributed by atoms with E-state index in [9.17, 15) is 5.11 Å². The lowest BCUT2D eigenvalue weighted by molar-refractivity contribution is 0.475. The van der Waals surface area contributed by atoms with Crippen LogP contribution in [-0.2, 0) is 0 Å². The summed E-state index contributed by atoms with van der Waals surface area (Å²) >= 11 is 1.76. The zero-order valence-corrected chi connectivity index (χ0v) is 10.4. The summed E-state index contributed by atoms with van der Waals surface area (Å²) < 4.78 is 0. The largest absolute Gasteiger partial charge is 0.508 e. The van der Waals surface area contributed by atoms with Crippen LogP contribution in [0.25, 0.3) is 0 Å². The van der Waals surface area contributed by atoms with Crippen molar-refractivity contribution in [2.45, 2.75) is 16.7 Å². The average molecular weight is 243 g/mol. The highest BCUT2D eigenvalue weighted by atomic mass is 32.2. The van der Waals surface area contributed by atoms with E-state index in [1.807, 2.05) is 12.1 Å². The third kappa shape index (κ3) is 1.67. The van der Waals surface area contributed by atoms with Gasteiger partial charge in [-0.3, -0.25) is 0 Å². The minimum absolute atomic E-state index is 0.321. The molecule has 0 amide bonds. The van der Waals surface area contributed by atoms with Crippen molar-refractivity contribution >= 4 is 23.1 Å². The zero-order chi connectivity index (χ0) is 11.8. The Bertz CT molecular complexity index is 568. The Labute approximate surface area is 105 Å². The number of anilines is 2. The van der Waals surface area contributed by atoms with Crippen molar-refractivity contribution in [1.29, 1.82) is 0 Å². The Morgan fingerprint density at radius 3 is 2.65 bits per heavy atom. The van der Waals surface area contributed by atoms with Crippen LogP contribution in [0.3, 0.4) is 0 Å². The Morgan fingerprint density at radius 2 is 1.82 bits per heavy atom. The summed E-state index contributed by atoms with van der Waals surface area (Å²) in [6.07, 6.45) is 0. The molecule has 3 rings (SSSR count). The molecule has 0 radical (unpaired) electrons. The maximum Gasteiger partial charge on any atom is 0.117 e. The van der Waals surface area contributed by atoms with Gasteiger partial charge in [0.05, 0.1) is 11.4 Å². The number of para-hydroxylation sites is 1. The second kappa shape index (κ2) is 4.00. The number of nitrogens with zero attached hydrogens (tertiary/aromatic N) is 1. The molecule has 1 N–H and O–H groups in total. The number of hydrogen-bond acceptors (Lipinski definition) is 3. The first-order valence-electron chi connectivity index (χ1n) is 5.67. The number of fused-ring (bicyclic) bond motifs is 2. The molecule has 0 fully saturated rings. The van der Waals surface area contributed by atoms with Crippen molar-refractivity contribution in [2.75, 3.05) is 11.4 Å². The van der Waals surface area contributed by atoms with Gasteiger partial charge in [-0.25, -0.2) is 0 Å². The molecule has 2 aromatic carbocycles. The van der Waals surface area contributed by atoms with Gasteiger partial charge in [0.1, 0.15) is 5.75 Å². The molecule has 0 aromatic heterocycles. The molecule has 2 nitrogen and oxygen atoms in total. The number of aromatic hydroxyl groups is 1. The lowest BCUT2D eigenvalue weighted by Gasteiger charge is -2.31. The molecule has 3 heteroatoms. The Hall–Kier alpha value is -1.61. The van der Waals surface area contributed by atoms with Crippen LogP contribution in [0.5, 0.6) is 5.75 Å². The lowest BCUT2D eigenvalue weighted by atomic mass is 10.2. The van der Waals surface area contributed by atoms with Gasteiger partial charge in [-0.15, -0.1) is 0 Å². The molecule has 0 atom stereocenters. The summed E-state index contributed by atoms with van der Waals surface area (Å²) in [6.45, 7) is 3.02. The highest BCUT2D eigenvalue weighted by Crippen LogP contribution is 2.48. The molecule has 0 spiro atoms. The van der Waals surface area contributed by atoms with Gasteiger partial charge in [-0.2, -0.15) is 0 Å². The summed E-state index contributed by atoms with van der Waals surface area (Å²) in [4.78, 5) is 4.71. The van der Waals surface area contributed by atoms with E-state index >= 15 is 0 Å². The minimum atomic E-state index is 0.321. The van der Waals surface area contributed by atoms with Gasteiger partial charge in [-0.05, 0) is 31.2 Å². The first-order valence-corrected chi connectivity index (χ1v) is 6.48. The van der Waals surface area contributed by atoms with Crippen LogP contribution in [-0.4, -0.2) is 11.7 Å². The summed E-state index contributed by atoms with van der Waals surface area (Å²) in [7, 11) is 0. The summed E-state index contributed by atoms with van der Waals surface area (Å²) in [5.41, 5.74) is 2.31. The summed E-state index contributed by atoms with van der Waals surface area (Å²) in [5.74, 6) is 0.321. The predicted octanol–water partition coefficient (Wildman–Crippen LogP) is 4.01. The fourth-order valence-corrected chi connectivity index (χ4v) is 3.23. The smallest absolute Gasteiger partial charge is 0.117 e. The molecule has 17 heavy (non-hydrogen) atoms. The highest BCUT2D eigenvalue weighted by molar-refractivity contribution is 7.99. The second-order valence-electron chi connectivity index (χ2n) is 3.97. The molecular formula is C14H13NOS. The van der Waals surface area contributed by atoms with E-state index in [1.54, 1.807) is 17.8 Å². The molecule has 0 unspecified atom stereocenters. The molecule has 1 heterocycles. The molecule has 0 saturated heterocycles. The summed E-state index contributed by atoms with van der Waals surface area (Å²) in [6, 6.07) is 13.9. The first kappa shape index (κ1) is 10.5. The van der Waals surface area contributed by atoms with Gasteiger partial charge in [0, 0.05) is 22.4 Å². The molecule has 1 aliphatic heterocycles. The van der Waals surface area contributed by atoms with Crippen LogP contribution in [0.4, 0.5) is 11.4 Å². The van der Waals surface area contributed by atoms with Crippen molar-refractivity contribution < 1.29 is 5.11 Å². The van der Waals surface area contributed by atoms with E-state index in [-0.39, 0.29) is 0 Å². The SMILES string of the molecule is CCN1c2ccccc2Sc2ccc(O)cc21. The monoisotopic (exact) mass is 243 g/mol. The first-order chi connectivity index (χ1) is 8.29. The van der Waals surface area contributed by atoms with Gasteiger partial charge in [-0.1, -0.05) is 23.9 Å². The zero-order valence-electron chi connectivity index (χ0n) is 9.55. The van der Waals surface area contributed by atoms with E-state index in [4.69, 9.17) is 0 Å². The fourth-order valence-electron chi connectivity index (χ4n) is 2.16. The number of phenolic OH excluding ortho intramolecular Hbond substituents is 1. The molecule has 0 saturated carbocycles. The van der Waals surface area contributed by atoms with Crippen LogP contribution in [0.2, 0.25) is 0 Å². The second-order valence-corrected chi connectivity index (χ2v) is 5.05. The Kier molecular flexibility index (Phi) is 2.48. The maximum absolute atomic E-state index is 9.61. The van der Waals surface area contributed by atoms with Crippen LogP contribution in [0.15, 0.2) is 52.3 Å². The van der Waals surface area contributed by atoms with Gasteiger partial charge >= 0.3 is 0 Å². The van der Waals surface area contributed by atoms with Crippen molar-refractivity contribution in [3.05, 3.63) is 42.5 Å². The Morgan fingerprint density at radius 1 is 1.06 bits per heavy atom. The topological polar surface area (TPSA) is 23.5 Å². The number of hydrogen-bond donors (Lipinski definition) is 1. The summed E-state index contributed by atoms with van der Waals surface area (Å²) in [5, 5.41) is 9.61. The van der Waals surface area contributed by atoms with Gasteiger partial charge in [0.25, 0.3) is 0 Å². The molecule has 0 bridgehead atoms. The van der Waals surface area contributed by atoms with Crippen LogP contribution in [0.1, 0.15) is 6.92 Å². The predicted molar refractivity (Wildman–Crippen MR) is 71.4 cm³/mol. The van der Waals surface area contributed by atoms with Crippen molar-refractivity contribution in [1.82, 2.24) is 0 Å². The van der Waals surface area contributed by atoms with Crippen molar-refractivity contribution in [2.24, 2.45) is 0 Å². The third-order valence-electron chi connectivity index (χ3n) is 2.93. The van der Waals surface area contributed by atoms with Crippen molar-refractivity contribution in [3.63, 3.8) is 0 Å². The number of benzene rings is 2. The fraction of sp³-hybridized carbons (Fsp3) is 0.143. The standard InChI is InChI=1S/C14H13NOS/c1-2-15-11-5-3-4-6-13(11)17-14-8-7-10(16)9-12(14)15/h3-9,16H,2H2,1H3. The average Bonchev–Trinajstić information content (AvgIpc) is 2.36. The minimum Gasteiger partial charge on any atom is -0.508 e. The number of phenols is 1. The van der Waals surface area contributed by atoms with Crippen LogP contribution >= 0.6 is 11.8 Å². The van der Waals surface area contributed by atoms with E-state index < -0.39 is 0 Å². The molecular weight excluding hydrogens is 230 g/mol. The van der Waals surface area contributed by atoms with Crippen molar-refractivity contribution in [3.8, 4) is 5.75 Å². The van der Waals surface area contributed by atoms with Gasteiger partial charge in [0.15, 0.2) is 0 Å². The highest BCUT2D eigenvalue weighted by Gasteiger charge is 2.21. The Balaban J connectivity index is 2.19. The normalized spacial score (nSPS) is 13.1. The van der Waals surface area contributed by atoms with Crippen LogP contribution < -0.4 is 4.90 Å². The molecule has 0 aliphatic carbocycles. The van der Waals surface area contributed by atoms with E-state index in [2.05, 4.69) is 36.1 Å². The third-order valence-corrected chi connectivity index (χ3v) is 4.06. The van der Waals surface area contributed by atoms with E-state index in [1.165, 1.54) is 15.5 Å². The van der Waals surface area contributed by atoms with Gasteiger partial charge in [0.2, 0.25) is 0 Å². The number of rotatable bonds is 1. The van der Waals surface area contributed by atoms with E-state index in [0.29, 0.717) is 5.75 Å². The van der Waals surface area contributed by atoms with Crippen LogP contribution in [0, 0.1) is 0 Å². The maximum atomic E-state index is 9.61. The van der Waals surface area contributed by atoms with Gasteiger partial charge < -0.3 is 10.0 Å².